The van der Waals surface area contributed by atoms with Gasteiger partial charge in [0.2, 0.25) is 5.91 Å². The van der Waals surface area contributed by atoms with Gasteiger partial charge in [0.25, 0.3) is 11.5 Å². The highest BCUT2D eigenvalue weighted by molar-refractivity contribution is 6.31. The van der Waals surface area contributed by atoms with Crippen LogP contribution in [0.2, 0.25) is 5.02 Å². The second kappa shape index (κ2) is 8.14. The Morgan fingerprint density at radius 2 is 1.85 bits per heavy atom. The monoisotopic (exact) mass is 374 g/mol. The van der Waals surface area contributed by atoms with Crippen molar-refractivity contribution in [3.63, 3.8) is 0 Å². The summed E-state index contributed by atoms with van der Waals surface area (Å²) in [5, 5.41) is 7.31. The predicted octanol–water partition coefficient (Wildman–Crippen LogP) is 1.45. The van der Waals surface area contributed by atoms with Crippen molar-refractivity contribution in [2.45, 2.75) is 25.9 Å². The summed E-state index contributed by atoms with van der Waals surface area (Å²) < 4.78 is 1.01. The van der Waals surface area contributed by atoms with E-state index in [-0.39, 0.29) is 30.6 Å². The molecule has 7 nitrogen and oxygen atoms in total. The first-order valence-corrected chi connectivity index (χ1v) is 8.80. The second-order valence-electron chi connectivity index (χ2n) is 6.08. The smallest absolute Gasteiger partial charge is 0.274 e. The number of nitrogens with one attached hydrogen (secondary N) is 1. The van der Waals surface area contributed by atoms with E-state index in [0.29, 0.717) is 18.1 Å². The van der Waals surface area contributed by atoms with Crippen LogP contribution in [0, 0.1) is 0 Å². The van der Waals surface area contributed by atoms with E-state index < -0.39 is 5.56 Å². The van der Waals surface area contributed by atoms with Crippen LogP contribution in [0.25, 0.3) is 0 Å². The maximum atomic E-state index is 12.4. The molecule has 2 amide bonds. The van der Waals surface area contributed by atoms with Gasteiger partial charge in [-0.2, -0.15) is 5.10 Å². The summed E-state index contributed by atoms with van der Waals surface area (Å²) >= 11 is 6.05. The predicted molar refractivity (Wildman–Crippen MR) is 96.9 cm³/mol. The summed E-state index contributed by atoms with van der Waals surface area (Å²) in [6.45, 7) is 1.37. The molecule has 1 aromatic carbocycles. The molecule has 26 heavy (non-hydrogen) atoms. The topological polar surface area (TPSA) is 84.3 Å². The number of aromatic nitrogens is 2. The first-order valence-electron chi connectivity index (χ1n) is 8.42. The number of benzene rings is 1. The molecule has 0 spiro atoms. The van der Waals surface area contributed by atoms with E-state index >= 15 is 0 Å². The van der Waals surface area contributed by atoms with Gasteiger partial charge in [-0.3, -0.25) is 14.4 Å². The third-order valence-electron chi connectivity index (χ3n) is 4.21. The van der Waals surface area contributed by atoms with Crippen molar-refractivity contribution in [1.82, 2.24) is 20.0 Å². The van der Waals surface area contributed by atoms with Gasteiger partial charge in [-0.1, -0.05) is 29.8 Å². The van der Waals surface area contributed by atoms with Crippen LogP contribution in [0.1, 0.15) is 28.9 Å². The molecule has 0 unspecified atom stereocenters. The molecule has 0 aliphatic carbocycles. The van der Waals surface area contributed by atoms with Gasteiger partial charge >= 0.3 is 0 Å². The molecule has 1 aliphatic rings. The normalized spacial score (nSPS) is 13.7. The molecule has 136 valence electrons. The number of hydrogen-bond acceptors (Lipinski definition) is 4. The summed E-state index contributed by atoms with van der Waals surface area (Å²) in [5.41, 5.74) is 0.516. The van der Waals surface area contributed by atoms with Crippen LogP contribution >= 0.6 is 11.6 Å². The summed E-state index contributed by atoms with van der Waals surface area (Å²) in [5.74, 6) is -0.599. The Labute approximate surface area is 155 Å². The number of halogens is 1. The fourth-order valence-corrected chi connectivity index (χ4v) is 2.99. The highest BCUT2D eigenvalue weighted by Crippen LogP contribution is 2.14. The largest absolute Gasteiger partial charge is 0.350 e. The van der Waals surface area contributed by atoms with Gasteiger partial charge in [-0.15, -0.1) is 0 Å². The fourth-order valence-electron chi connectivity index (χ4n) is 2.79. The number of carbonyl (C=O) groups excluding carboxylic acids is 2. The Morgan fingerprint density at radius 1 is 1.12 bits per heavy atom. The minimum Gasteiger partial charge on any atom is -0.350 e. The van der Waals surface area contributed by atoms with E-state index in [1.807, 2.05) is 12.1 Å². The van der Waals surface area contributed by atoms with E-state index in [1.54, 1.807) is 17.0 Å². The maximum Gasteiger partial charge on any atom is 0.274 e. The van der Waals surface area contributed by atoms with Gasteiger partial charge in [0.15, 0.2) is 0 Å². The van der Waals surface area contributed by atoms with Crippen LogP contribution in [0.3, 0.4) is 0 Å². The number of nitrogens with zero attached hydrogens (tertiary/aromatic N) is 3. The average Bonchev–Trinajstić information content (AvgIpc) is 3.17. The number of rotatable bonds is 5. The van der Waals surface area contributed by atoms with Crippen molar-refractivity contribution in [2.24, 2.45) is 0 Å². The lowest BCUT2D eigenvalue weighted by Crippen LogP contribution is -2.35. The molecule has 0 saturated carbocycles. The molecule has 0 radical (unpaired) electrons. The van der Waals surface area contributed by atoms with Crippen LogP contribution in [-0.4, -0.2) is 39.6 Å². The van der Waals surface area contributed by atoms with E-state index in [1.165, 1.54) is 12.1 Å². The fraction of sp³-hybridized carbons (Fsp3) is 0.333. The minimum atomic E-state index is -0.434. The number of likely N-dealkylation sites (tertiary alicyclic amines) is 1. The standard InChI is InChI=1S/C18H19ClN4O3/c19-14-6-2-1-5-13(14)11-20-16(24)12-23-17(25)8-7-15(21-23)18(26)22-9-3-4-10-22/h1-2,5-8H,3-4,9-12H2,(H,20,24). The molecular formula is C18H19ClN4O3. The number of hydrogen-bond donors (Lipinski definition) is 1. The van der Waals surface area contributed by atoms with Crippen molar-refractivity contribution in [1.29, 1.82) is 0 Å². The molecule has 1 fully saturated rings. The first kappa shape index (κ1) is 18.1. The molecule has 3 rings (SSSR count). The van der Waals surface area contributed by atoms with Crippen LogP contribution < -0.4 is 10.9 Å². The molecule has 1 N–H and O–H groups in total. The van der Waals surface area contributed by atoms with E-state index in [4.69, 9.17) is 11.6 Å². The van der Waals surface area contributed by atoms with E-state index in [9.17, 15) is 14.4 Å². The van der Waals surface area contributed by atoms with Crippen molar-refractivity contribution in [2.75, 3.05) is 13.1 Å². The first-order chi connectivity index (χ1) is 12.5. The third kappa shape index (κ3) is 4.29. The van der Waals surface area contributed by atoms with Gasteiger partial charge in [0, 0.05) is 30.7 Å². The van der Waals surface area contributed by atoms with Gasteiger partial charge < -0.3 is 10.2 Å². The number of amides is 2. The summed E-state index contributed by atoms with van der Waals surface area (Å²) in [6.07, 6.45) is 1.94. The molecule has 0 atom stereocenters. The Kier molecular flexibility index (Phi) is 5.68. The molecule has 1 saturated heterocycles. The average molecular weight is 375 g/mol. The van der Waals surface area contributed by atoms with Crippen LogP contribution in [0.4, 0.5) is 0 Å². The highest BCUT2D eigenvalue weighted by atomic mass is 35.5. The summed E-state index contributed by atoms with van der Waals surface area (Å²) in [7, 11) is 0. The molecule has 2 aromatic rings. The Balaban J connectivity index is 1.66. The van der Waals surface area contributed by atoms with Crippen LogP contribution in [-0.2, 0) is 17.9 Å². The maximum absolute atomic E-state index is 12.4. The van der Waals surface area contributed by atoms with Crippen LogP contribution in [0.5, 0.6) is 0 Å². The second-order valence-corrected chi connectivity index (χ2v) is 6.49. The van der Waals surface area contributed by atoms with Crippen LogP contribution in [0.15, 0.2) is 41.2 Å². The quantitative estimate of drug-likeness (QED) is 0.858. The van der Waals surface area contributed by atoms with E-state index in [2.05, 4.69) is 10.4 Å². The lowest BCUT2D eigenvalue weighted by Gasteiger charge is -2.15. The SMILES string of the molecule is O=C(Cn1nc(C(=O)N2CCCC2)ccc1=O)NCc1ccccc1Cl. The Morgan fingerprint density at radius 3 is 2.58 bits per heavy atom. The molecule has 8 heteroatoms. The molecule has 2 heterocycles. The summed E-state index contributed by atoms with van der Waals surface area (Å²) in [4.78, 5) is 38.2. The van der Waals surface area contributed by atoms with Gasteiger partial charge in [-0.25, -0.2) is 4.68 Å². The zero-order valence-electron chi connectivity index (χ0n) is 14.2. The molecule has 0 bridgehead atoms. The lowest BCUT2D eigenvalue weighted by molar-refractivity contribution is -0.122. The highest BCUT2D eigenvalue weighted by Gasteiger charge is 2.21. The Hall–Kier alpha value is -2.67. The minimum absolute atomic E-state index is 0.172. The lowest BCUT2D eigenvalue weighted by atomic mass is 10.2. The number of carbonyl (C=O) groups is 2. The van der Waals surface area contributed by atoms with Gasteiger partial charge in [-0.05, 0) is 30.5 Å². The van der Waals surface area contributed by atoms with Crippen molar-refractivity contribution in [3.05, 3.63) is 63.0 Å². The molecule has 1 aromatic heterocycles. The van der Waals surface area contributed by atoms with Crippen molar-refractivity contribution >= 4 is 23.4 Å². The molecule has 1 aliphatic heterocycles. The summed E-state index contributed by atoms with van der Waals surface area (Å²) in [6, 6.07) is 9.84. The Bertz CT molecular complexity index is 875. The van der Waals surface area contributed by atoms with Crippen molar-refractivity contribution < 1.29 is 9.59 Å². The third-order valence-corrected chi connectivity index (χ3v) is 4.57. The molecular weight excluding hydrogens is 356 g/mol. The zero-order valence-corrected chi connectivity index (χ0v) is 14.9. The van der Waals surface area contributed by atoms with E-state index in [0.717, 1.165) is 23.1 Å². The van der Waals surface area contributed by atoms with Gasteiger partial charge in [0.05, 0.1) is 0 Å². The van der Waals surface area contributed by atoms with Crippen molar-refractivity contribution in [3.8, 4) is 0 Å². The van der Waals surface area contributed by atoms with Gasteiger partial charge in [0.1, 0.15) is 12.2 Å². The zero-order chi connectivity index (χ0) is 18.5.